The van der Waals surface area contributed by atoms with E-state index in [9.17, 15) is 15.2 Å². The van der Waals surface area contributed by atoms with E-state index in [0.717, 1.165) is 19.5 Å². The molecule has 0 spiro atoms. The number of anilines is 1. The molecule has 2 unspecified atom stereocenters. The first-order valence-corrected chi connectivity index (χ1v) is 7.01. The number of phenolic OH excluding ortho intramolecular Hbond substituents is 1. The number of hydrogen-bond donors (Lipinski definition) is 3. The van der Waals surface area contributed by atoms with E-state index in [2.05, 4.69) is 17.6 Å². The zero-order chi connectivity index (χ0) is 14.5. The van der Waals surface area contributed by atoms with Crippen LogP contribution in [-0.2, 0) is 0 Å². The number of phenols is 1. The molecular weight excluding hydrogens is 258 g/mol. The summed E-state index contributed by atoms with van der Waals surface area (Å²) in [5, 5.41) is 26.8. The zero-order valence-corrected chi connectivity index (χ0v) is 11.6. The van der Waals surface area contributed by atoms with Crippen molar-refractivity contribution in [2.45, 2.75) is 32.2 Å². The number of piperidine rings is 1. The van der Waals surface area contributed by atoms with Crippen LogP contribution in [0, 0.1) is 16.0 Å². The Bertz CT molecular complexity index is 471. The molecule has 1 aliphatic rings. The molecule has 6 nitrogen and oxygen atoms in total. The lowest BCUT2D eigenvalue weighted by molar-refractivity contribution is -0.385. The Labute approximate surface area is 118 Å². The van der Waals surface area contributed by atoms with Crippen LogP contribution in [-0.4, -0.2) is 29.2 Å². The van der Waals surface area contributed by atoms with Crippen LogP contribution >= 0.6 is 0 Å². The predicted molar refractivity (Wildman–Crippen MR) is 78.1 cm³/mol. The second-order valence-corrected chi connectivity index (χ2v) is 5.43. The standard InChI is InChI=1S/C14H21N3O3/c1-10-2-3-11(9-16-10)6-7-15-12-4-5-14(18)13(8-12)17(19)20/h4-5,8,10-11,15-16,18H,2-3,6-7,9H2,1H3. The number of rotatable bonds is 5. The van der Waals surface area contributed by atoms with Crippen molar-refractivity contribution in [2.75, 3.05) is 18.4 Å². The maximum Gasteiger partial charge on any atom is 0.312 e. The summed E-state index contributed by atoms with van der Waals surface area (Å²) in [6.45, 7) is 4.02. The average molecular weight is 279 g/mol. The summed E-state index contributed by atoms with van der Waals surface area (Å²) in [6.07, 6.45) is 3.47. The second-order valence-electron chi connectivity index (χ2n) is 5.43. The van der Waals surface area contributed by atoms with Gasteiger partial charge in [0.2, 0.25) is 0 Å². The molecule has 1 fully saturated rings. The minimum Gasteiger partial charge on any atom is -0.502 e. The van der Waals surface area contributed by atoms with Gasteiger partial charge in [-0.15, -0.1) is 0 Å². The summed E-state index contributed by atoms with van der Waals surface area (Å²) in [5.74, 6) is 0.358. The van der Waals surface area contributed by atoms with Gasteiger partial charge < -0.3 is 15.7 Å². The molecule has 0 amide bonds. The van der Waals surface area contributed by atoms with Crippen LogP contribution in [0.5, 0.6) is 5.75 Å². The third kappa shape index (κ3) is 3.84. The molecule has 0 saturated carbocycles. The van der Waals surface area contributed by atoms with Crippen molar-refractivity contribution >= 4 is 11.4 Å². The summed E-state index contributed by atoms with van der Waals surface area (Å²) in [7, 11) is 0. The van der Waals surface area contributed by atoms with Crippen molar-refractivity contribution in [2.24, 2.45) is 5.92 Å². The van der Waals surface area contributed by atoms with E-state index in [1.165, 1.54) is 25.0 Å². The molecule has 0 aromatic heterocycles. The molecule has 1 aliphatic heterocycles. The van der Waals surface area contributed by atoms with Crippen molar-refractivity contribution in [1.82, 2.24) is 5.32 Å². The highest BCUT2D eigenvalue weighted by Gasteiger charge is 2.17. The lowest BCUT2D eigenvalue weighted by atomic mass is 9.93. The number of hydrogen-bond acceptors (Lipinski definition) is 5. The highest BCUT2D eigenvalue weighted by Crippen LogP contribution is 2.28. The molecule has 2 atom stereocenters. The molecule has 1 saturated heterocycles. The highest BCUT2D eigenvalue weighted by molar-refractivity contribution is 5.57. The van der Waals surface area contributed by atoms with Gasteiger partial charge in [0.15, 0.2) is 5.75 Å². The summed E-state index contributed by atoms with van der Waals surface area (Å²) < 4.78 is 0. The quantitative estimate of drug-likeness (QED) is 0.438. The third-order valence-electron chi connectivity index (χ3n) is 3.82. The maximum atomic E-state index is 10.7. The van der Waals surface area contributed by atoms with E-state index in [1.54, 1.807) is 6.07 Å². The average Bonchev–Trinajstić information content (AvgIpc) is 2.42. The number of benzene rings is 1. The molecular formula is C14H21N3O3. The minimum atomic E-state index is -0.576. The summed E-state index contributed by atoms with van der Waals surface area (Å²) in [4.78, 5) is 10.2. The van der Waals surface area contributed by atoms with Gasteiger partial charge in [-0.2, -0.15) is 0 Å². The molecule has 110 valence electrons. The van der Waals surface area contributed by atoms with Crippen LogP contribution < -0.4 is 10.6 Å². The van der Waals surface area contributed by atoms with E-state index in [-0.39, 0.29) is 11.4 Å². The molecule has 2 rings (SSSR count). The molecule has 1 aromatic rings. The molecule has 0 radical (unpaired) electrons. The Hall–Kier alpha value is -1.82. The van der Waals surface area contributed by atoms with E-state index >= 15 is 0 Å². The van der Waals surface area contributed by atoms with Gasteiger partial charge in [0.05, 0.1) is 4.92 Å². The Morgan fingerprint density at radius 3 is 2.95 bits per heavy atom. The fourth-order valence-electron chi connectivity index (χ4n) is 2.50. The Morgan fingerprint density at radius 2 is 2.30 bits per heavy atom. The third-order valence-corrected chi connectivity index (χ3v) is 3.82. The SMILES string of the molecule is CC1CCC(CCNc2ccc(O)c([N+](=O)[O-])c2)CN1. The number of nitrogens with one attached hydrogen (secondary N) is 2. The van der Waals surface area contributed by atoms with E-state index in [1.807, 2.05) is 0 Å². The van der Waals surface area contributed by atoms with Gasteiger partial charge in [0, 0.05) is 24.3 Å². The zero-order valence-electron chi connectivity index (χ0n) is 11.6. The molecule has 6 heteroatoms. The Kier molecular flexibility index (Phi) is 4.79. The van der Waals surface area contributed by atoms with Crippen molar-refractivity contribution in [3.05, 3.63) is 28.3 Å². The van der Waals surface area contributed by atoms with Crippen LogP contribution in [0.2, 0.25) is 0 Å². The van der Waals surface area contributed by atoms with Crippen LogP contribution in [0.25, 0.3) is 0 Å². The fourth-order valence-corrected chi connectivity index (χ4v) is 2.50. The monoisotopic (exact) mass is 279 g/mol. The van der Waals surface area contributed by atoms with Crippen molar-refractivity contribution in [3.63, 3.8) is 0 Å². The largest absolute Gasteiger partial charge is 0.502 e. The van der Waals surface area contributed by atoms with Gasteiger partial charge in [-0.3, -0.25) is 10.1 Å². The van der Waals surface area contributed by atoms with Gasteiger partial charge in [-0.05, 0) is 50.8 Å². The second kappa shape index (κ2) is 6.56. The van der Waals surface area contributed by atoms with E-state index < -0.39 is 4.92 Å². The Morgan fingerprint density at radius 1 is 1.50 bits per heavy atom. The molecule has 3 N–H and O–H groups in total. The highest BCUT2D eigenvalue weighted by atomic mass is 16.6. The Balaban J connectivity index is 1.82. The lowest BCUT2D eigenvalue weighted by Crippen LogP contribution is -2.37. The summed E-state index contributed by atoms with van der Waals surface area (Å²) >= 11 is 0. The van der Waals surface area contributed by atoms with Gasteiger partial charge in [-0.1, -0.05) is 0 Å². The number of nitrogens with zero attached hydrogens (tertiary/aromatic N) is 1. The van der Waals surface area contributed by atoms with E-state index in [0.29, 0.717) is 17.6 Å². The minimum absolute atomic E-state index is 0.261. The first kappa shape index (κ1) is 14.6. The first-order valence-electron chi connectivity index (χ1n) is 7.01. The number of nitro benzene ring substituents is 1. The van der Waals surface area contributed by atoms with Crippen LogP contribution in [0.15, 0.2) is 18.2 Å². The van der Waals surface area contributed by atoms with Crippen LogP contribution in [0.1, 0.15) is 26.2 Å². The molecule has 0 bridgehead atoms. The molecule has 0 aliphatic carbocycles. The van der Waals surface area contributed by atoms with Gasteiger partial charge in [0.1, 0.15) is 0 Å². The molecule has 1 heterocycles. The normalized spacial score (nSPS) is 22.4. The predicted octanol–water partition coefficient (Wildman–Crippen LogP) is 2.49. The maximum absolute atomic E-state index is 10.7. The number of aromatic hydroxyl groups is 1. The molecule has 1 aromatic carbocycles. The first-order chi connectivity index (χ1) is 9.56. The lowest BCUT2D eigenvalue weighted by Gasteiger charge is -2.27. The van der Waals surface area contributed by atoms with Crippen LogP contribution in [0.3, 0.4) is 0 Å². The number of nitro groups is 1. The van der Waals surface area contributed by atoms with Crippen molar-refractivity contribution in [1.29, 1.82) is 0 Å². The topological polar surface area (TPSA) is 87.4 Å². The summed E-state index contributed by atoms with van der Waals surface area (Å²) in [6, 6.07) is 4.99. The van der Waals surface area contributed by atoms with Gasteiger partial charge in [-0.25, -0.2) is 0 Å². The van der Waals surface area contributed by atoms with Crippen molar-refractivity contribution in [3.8, 4) is 5.75 Å². The fraction of sp³-hybridized carbons (Fsp3) is 0.571. The van der Waals surface area contributed by atoms with Gasteiger partial charge >= 0.3 is 5.69 Å². The molecule has 20 heavy (non-hydrogen) atoms. The van der Waals surface area contributed by atoms with Crippen molar-refractivity contribution < 1.29 is 10.0 Å². The smallest absolute Gasteiger partial charge is 0.312 e. The van der Waals surface area contributed by atoms with Crippen LogP contribution in [0.4, 0.5) is 11.4 Å². The summed E-state index contributed by atoms with van der Waals surface area (Å²) in [5.41, 5.74) is 0.412. The van der Waals surface area contributed by atoms with Gasteiger partial charge in [0.25, 0.3) is 0 Å². The van der Waals surface area contributed by atoms with E-state index in [4.69, 9.17) is 0 Å².